The zero-order valence-electron chi connectivity index (χ0n) is 24.1. The Hall–Kier alpha value is -4.22. The van der Waals surface area contributed by atoms with Crippen LogP contribution in [0.25, 0.3) is 10.9 Å². The lowest BCUT2D eigenvalue weighted by Gasteiger charge is -2.26. The molecule has 0 aliphatic rings. The maximum Gasteiger partial charge on any atom is 0.326 e. The van der Waals surface area contributed by atoms with Crippen molar-refractivity contribution < 1.29 is 24.3 Å². The Morgan fingerprint density at radius 2 is 1.48 bits per heavy atom. The van der Waals surface area contributed by atoms with Gasteiger partial charge in [-0.05, 0) is 55.3 Å². The second kappa shape index (κ2) is 15.7. The van der Waals surface area contributed by atoms with Crippen LogP contribution < -0.4 is 27.4 Å². The van der Waals surface area contributed by atoms with E-state index in [1.165, 1.54) is 0 Å². The van der Waals surface area contributed by atoms with Gasteiger partial charge in [-0.2, -0.15) is 0 Å². The highest BCUT2D eigenvalue weighted by atomic mass is 16.4. The van der Waals surface area contributed by atoms with Gasteiger partial charge in [-0.15, -0.1) is 0 Å². The molecule has 226 valence electrons. The molecule has 0 spiro atoms. The lowest BCUT2D eigenvalue weighted by molar-refractivity contribution is -0.143. The number of hydrogen-bond donors (Lipinski definition) is 7. The largest absolute Gasteiger partial charge is 0.480 e. The quantitative estimate of drug-likeness (QED) is 0.125. The van der Waals surface area contributed by atoms with Gasteiger partial charge in [-0.25, -0.2) is 4.79 Å². The van der Waals surface area contributed by atoms with E-state index in [2.05, 4.69) is 20.9 Å². The van der Waals surface area contributed by atoms with E-state index in [0.29, 0.717) is 19.4 Å². The molecule has 0 radical (unpaired) electrons. The average Bonchev–Trinajstić information content (AvgIpc) is 3.37. The second-order valence-corrected chi connectivity index (χ2v) is 10.8. The minimum absolute atomic E-state index is 0.166. The fourth-order valence-corrected chi connectivity index (χ4v) is 4.77. The summed E-state index contributed by atoms with van der Waals surface area (Å²) in [7, 11) is 0. The number of hydrogen-bond acceptors (Lipinski definition) is 6. The van der Waals surface area contributed by atoms with E-state index in [9.17, 15) is 24.3 Å². The predicted octanol–water partition coefficient (Wildman–Crippen LogP) is 1.60. The number of benzene rings is 2. The molecule has 3 amide bonds. The molecule has 42 heavy (non-hydrogen) atoms. The molecule has 4 unspecified atom stereocenters. The third kappa shape index (κ3) is 9.15. The summed E-state index contributed by atoms with van der Waals surface area (Å²) in [6.45, 7) is 3.78. The van der Waals surface area contributed by atoms with Gasteiger partial charge in [0.1, 0.15) is 18.1 Å². The van der Waals surface area contributed by atoms with E-state index in [-0.39, 0.29) is 25.2 Å². The minimum atomic E-state index is -1.16. The molecule has 1 aromatic heterocycles. The van der Waals surface area contributed by atoms with Crippen molar-refractivity contribution in [1.29, 1.82) is 0 Å². The number of aromatic nitrogens is 1. The van der Waals surface area contributed by atoms with Crippen LogP contribution in [0.3, 0.4) is 0 Å². The summed E-state index contributed by atoms with van der Waals surface area (Å²) in [5.74, 6) is -3.22. The third-order valence-corrected chi connectivity index (χ3v) is 7.18. The van der Waals surface area contributed by atoms with Crippen LogP contribution in [0.2, 0.25) is 0 Å². The summed E-state index contributed by atoms with van der Waals surface area (Å²) in [5.41, 5.74) is 14.5. The first-order chi connectivity index (χ1) is 20.1. The smallest absolute Gasteiger partial charge is 0.326 e. The van der Waals surface area contributed by atoms with E-state index in [1.807, 2.05) is 60.8 Å². The highest BCUT2D eigenvalue weighted by molar-refractivity contribution is 5.94. The normalized spacial score (nSPS) is 14.1. The molecular weight excluding hydrogens is 536 g/mol. The van der Waals surface area contributed by atoms with Gasteiger partial charge in [0.15, 0.2) is 0 Å². The number of unbranched alkanes of at least 4 members (excludes halogenated alkanes) is 1. The molecule has 1 heterocycles. The highest BCUT2D eigenvalue weighted by Crippen LogP contribution is 2.19. The van der Waals surface area contributed by atoms with Gasteiger partial charge in [0.25, 0.3) is 0 Å². The molecule has 11 heteroatoms. The van der Waals surface area contributed by atoms with Crippen molar-refractivity contribution in [3.63, 3.8) is 0 Å². The predicted molar refractivity (Wildman–Crippen MR) is 161 cm³/mol. The van der Waals surface area contributed by atoms with Crippen LogP contribution in [0.5, 0.6) is 0 Å². The van der Waals surface area contributed by atoms with E-state index in [1.54, 1.807) is 13.8 Å². The van der Waals surface area contributed by atoms with Gasteiger partial charge in [0.05, 0.1) is 6.04 Å². The van der Waals surface area contributed by atoms with Crippen LogP contribution >= 0.6 is 0 Å². The fourth-order valence-electron chi connectivity index (χ4n) is 4.77. The molecule has 2 aromatic carbocycles. The molecule has 3 rings (SSSR count). The summed E-state index contributed by atoms with van der Waals surface area (Å²) < 4.78 is 0. The van der Waals surface area contributed by atoms with Crippen LogP contribution in [-0.4, -0.2) is 64.5 Å². The Morgan fingerprint density at radius 3 is 2.14 bits per heavy atom. The van der Waals surface area contributed by atoms with Gasteiger partial charge in [-0.3, -0.25) is 14.4 Å². The van der Waals surface area contributed by atoms with Crippen LogP contribution in [0.1, 0.15) is 44.2 Å². The topological polar surface area (TPSA) is 192 Å². The summed E-state index contributed by atoms with van der Waals surface area (Å²) in [6.07, 6.45) is 3.66. The number of carbonyl (C=O) groups is 4. The third-order valence-electron chi connectivity index (χ3n) is 7.18. The molecule has 9 N–H and O–H groups in total. The van der Waals surface area contributed by atoms with E-state index in [0.717, 1.165) is 22.0 Å². The first kappa shape index (κ1) is 32.3. The van der Waals surface area contributed by atoms with Crippen LogP contribution in [0.4, 0.5) is 0 Å². The van der Waals surface area contributed by atoms with Crippen molar-refractivity contribution in [3.05, 3.63) is 71.9 Å². The Bertz CT molecular complexity index is 1340. The lowest BCUT2D eigenvalue weighted by atomic mass is 10.0. The second-order valence-electron chi connectivity index (χ2n) is 10.8. The van der Waals surface area contributed by atoms with E-state index < -0.39 is 47.9 Å². The maximum absolute atomic E-state index is 13.6. The molecule has 3 aromatic rings. The average molecular weight is 579 g/mol. The van der Waals surface area contributed by atoms with Gasteiger partial charge >= 0.3 is 5.97 Å². The first-order valence-electron chi connectivity index (χ1n) is 14.3. The number of nitrogens with two attached hydrogens (primary N) is 2. The maximum atomic E-state index is 13.6. The highest BCUT2D eigenvalue weighted by Gasteiger charge is 2.31. The molecule has 0 saturated carbocycles. The Balaban J connectivity index is 1.77. The fraction of sp³-hybridized carbons (Fsp3) is 0.419. The first-order valence-corrected chi connectivity index (χ1v) is 14.3. The molecule has 0 fully saturated rings. The van der Waals surface area contributed by atoms with Crippen molar-refractivity contribution in [3.8, 4) is 0 Å². The van der Waals surface area contributed by atoms with Crippen LogP contribution in [0.15, 0.2) is 60.8 Å². The molecule has 4 atom stereocenters. The summed E-state index contributed by atoms with van der Waals surface area (Å²) >= 11 is 0. The molecule has 0 aliphatic carbocycles. The van der Waals surface area contributed by atoms with Gasteiger partial charge in [0.2, 0.25) is 17.7 Å². The Labute approximate surface area is 245 Å². The monoisotopic (exact) mass is 578 g/mol. The number of para-hydroxylation sites is 1. The van der Waals surface area contributed by atoms with Gasteiger partial charge in [0, 0.05) is 23.5 Å². The number of H-pyrrole nitrogens is 1. The van der Waals surface area contributed by atoms with Crippen molar-refractivity contribution >= 4 is 34.6 Å². The molecule has 0 aliphatic heterocycles. The number of amides is 3. The number of carboxylic acids is 1. The van der Waals surface area contributed by atoms with Crippen molar-refractivity contribution in [2.45, 2.75) is 70.1 Å². The summed E-state index contributed by atoms with van der Waals surface area (Å²) in [4.78, 5) is 54.9. The zero-order chi connectivity index (χ0) is 30.6. The van der Waals surface area contributed by atoms with E-state index >= 15 is 0 Å². The molecule has 11 nitrogen and oxygen atoms in total. The number of nitrogens with one attached hydrogen (secondary N) is 4. The number of fused-ring (bicyclic) bond motifs is 1. The van der Waals surface area contributed by atoms with Crippen molar-refractivity contribution in [2.24, 2.45) is 17.4 Å². The number of aromatic amines is 1. The van der Waals surface area contributed by atoms with Gasteiger partial charge in [-0.1, -0.05) is 62.4 Å². The number of rotatable bonds is 16. The van der Waals surface area contributed by atoms with Crippen molar-refractivity contribution in [2.75, 3.05) is 6.54 Å². The Morgan fingerprint density at radius 1 is 0.833 bits per heavy atom. The number of carboxylic acid groups (broad SMARTS) is 1. The minimum Gasteiger partial charge on any atom is -0.480 e. The SMILES string of the molecule is CC(C)C(NC(=O)C(CCCCN)NC(=O)C(Cc1ccccc1)NC(=O)C(N)Cc1c[nH]c2ccccc12)C(=O)O. The van der Waals surface area contributed by atoms with E-state index in [4.69, 9.17) is 11.5 Å². The van der Waals surface area contributed by atoms with Crippen LogP contribution in [-0.2, 0) is 32.0 Å². The van der Waals surface area contributed by atoms with Crippen LogP contribution in [0, 0.1) is 5.92 Å². The number of carbonyl (C=O) groups excluding carboxylic acids is 3. The zero-order valence-corrected chi connectivity index (χ0v) is 24.1. The molecule has 0 saturated heterocycles. The summed E-state index contributed by atoms with van der Waals surface area (Å²) in [6, 6.07) is 12.8. The standard InChI is InChI=1S/C31H42N6O5/c1-19(2)27(31(41)42)37-29(39)25(14-8-9-15-32)35-30(40)26(16-20-10-4-3-5-11-20)36-28(38)23(33)17-21-18-34-24-13-7-6-12-22(21)24/h3-7,10-13,18-19,23,25-27,34H,8-9,14-17,32-33H2,1-2H3,(H,35,40)(H,36,38)(H,37,39)(H,41,42). The molecular formula is C31H42N6O5. The molecule has 0 bridgehead atoms. The van der Waals surface area contributed by atoms with Gasteiger partial charge < -0.3 is 37.5 Å². The number of aliphatic carboxylic acids is 1. The Kier molecular flexibility index (Phi) is 12.1. The summed E-state index contributed by atoms with van der Waals surface area (Å²) in [5, 5.41) is 18.6. The van der Waals surface area contributed by atoms with Crippen molar-refractivity contribution in [1.82, 2.24) is 20.9 Å². The lowest BCUT2D eigenvalue weighted by Crippen LogP contribution is -2.58.